The first-order chi connectivity index (χ1) is 5.00. The minimum Gasteiger partial charge on any atom is -0.384 e. The number of nitrogens with two attached hydrogens (primary N) is 1. The summed E-state index contributed by atoms with van der Waals surface area (Å²) in [6, 6.07) is 0. The minimum absolute atomic E-state index is 0.0737. The molecule has 1 aromatic rings. The summed E-state index contributed by atoms with van der Waals surface area (Å²) in [6.07, 6.45) is 1.39. The average molecular weight is 154 g/mol. The van der Waals surface area contributed by atoms with Gasteiger partial charge in [0.25, 0.3) is 0 Å². The lowest BCUT2D eigenvalue weighted by Crippen LogP contribution is -2.19. The van der Waals surface area contributed by atoms with Crippen molar-refractivity contribution in [3.63, 3.8) is 0 Å². The fourth-order valence-corrected chi connectivity index (χ4v) is 0.612. The average Bonchev–Trinajstić information content (AvgIpc) is 1.86. The molecule has 60 valence electrons. The van der Waals surface area contributed by atoms with E-state index in [4.69, 9.17) is 5.73 Å². The zero-order chi connectivity index (χ0) is 8.48. The van der Waals surface area contributed by atoms with Gasteiger partial charge in [0.2, 0.25) is 5.95 Å². The first kappa shape index (κ1) is 7.87. The number of hydrogen-bond acceptors (Lipinski definition) is 5. The third-order valence-corrected chi connectivity index (χ3v) is 1.20. The molecule has 5 nitrogen and oxygen atoms in total. The van der Waals surface area contributed by atoms with Crippen LogP contribution in [0.5, 0.6) is 0 Å². The molecule has 0 fully saturated rings. The highest BCUT2D eigenvalue weighted by atomic mass is 16.3. The fraction of sp³-hybridized carbons (Fsp3) is 0.500. The van der Waals surface area contributed by atoms with Gasteiger partial charge in [0.1, 0.15) is 5.60 Å². The van der Waals surface area contributed by atoms with Crippen LogP contribution in [0.25, 0.3) is 0 Å². The molecule has 1 aromatic heterocycles. The zero-order valence-corrected chi connectivity index (χ0v) is 6.44. The van der Waals surface area contributed by atoms with Gasteiger partial charge in [0.05, 0.1) is 11.9 Å². The smallest absolute Gasteiger partial charge is 0.240 e. The normalized spacial score (nSPS) is 11.5. The van der Waals surface area contributed by atoms with E-state index in [0.29, 0.717) is 5.69 Å². The van der Waals surface area contributed by atoms with Crippen molar-refractivity contribution in [3.8, 4) is 0 Å². The fourth-order valence-electron chi connectivity index (χ4n) is 0.612. The molecular weight excluding hydrogens is 144 g/mol. The highest BCUT2D eigenvalue weighted by Gasteiger charge is 2.18. The second kappa shape index (κ2) is 2.43. The van der Waals surface area contributed by atoms with E-state index in [9.17, 15) is 5.11 Å². The molecule has 0 atom stereocenters. The van der Waals surface area contributed by atoms with Crippen molar-refractivity contribution < 1.29 is 5.11 Å². The summed E-state index contributed by atoms with van der Waals surface area (Å²) >= 11 is 0. The van der Waals surface area contributed by atoms with Crippen LogP contribution in [-0.4, -0.2) is 20.3 Å². The number of aromatic nitrogens is 3. The van der Waals surface area contributed by atoms with Gasteiger partial charge in [-0.1, -0.05) is 0 Å². The Hall–Kier alpha value is -1.23. The van der Waals surface area contributed by atoms with E-state index >= 15 is 0 Å². The maximum Gasteiger partial charge on any atom is 0.240 e. The Morgan fingerprint density at radius 3 is 2.55 bits per heavy atom. The maximum absolute atomic E-state index is 9.43. The van der Waals surface area contributed by atoms with Crippen molar-refractivity contribution in [2.24, 2.45) is 0 Å². The van der Waals surface area contributed by atoms with E-state index in [1.165, 1.54) is 6.20 Å². The summed E-state index contributed by atoms with van der Waals surface area (Å²) in [6.45, 7) is 3.22. The number of anilines is 1. The Morgan fingerprint density at radius 2 is 2.18 bits per heavy atom. The predicted molar refractivity (Wildman–Crippen MR) is 39.5 cm³/mol. The molecule has 11 heavy (non-hydrogen) atoms. The zero-order valence-electron chi connectivity index (χ0n) is 6.44. The number of aliphatic hydroxyl groups is 1. The first-order valence-corrected chi connectivity index (χ1v) is 3.18. The van der Waals surface area contributed by atoms with E-state index in [-0.39, 0.29) is 5.95 Å². The third-order valence-electron chi connectivity index (χ3n) is 1.20. The molecule has 5 heteroatoms. The molecule has 0 aliphatic heterocycles. The first-order valence-electron chi connectivity index (χ1n) is 3.18. The summed E-state index contributed by atoms with van der Waals surface area (Å²) in [4.78, 5) is 3.80. The number of rotatable bonds is 1. The van der Waals surface area contributed by atoms with Crippen LogP contribution in [0.2, 0.25) is 0 Å². The lowest BCUT2D eigenvalue weighted by atomic mass is 10.1. The van der Waals surface area contributed by atoms with Gasteiger partial charge >= 0.3 is 0 Å². The molecule has 0 amide bonds. The molecule has 0 aliphatic rings. The molecule has 3 N–H and O–H groups in total. The summed E-state index contributed by atoms with van der Waals surface area (Å²) in [7, 11) is 0. The van der Waals surface area contributed by atoms with Crippen LogP contribution in [0.15, 0.2) is 6.20 Å². The van der Waals surface area contributed by atoms with Crippen LogP contribution in [0, 0.1) is 0 Å². The van der Waals surface area contributed by atoms with Crippen LogP contribution in [-0.2, 0) is 5.60 Å². The van der Waals surface area contributed by atoms with Crippen molar-refractivity contribution in [1.82, 2.24) is 15.2 Å². The number of nitrogens with zero attached hydrogens (tertiary/aromatic N) is 3. The quantitative estimate of drug-likeness (QED) is 0.579. The van der Waals surface area contributed by atoms with Crippen LogP contribution in [0.1, 0.15) is 19.5 Å². The third kappa shape index (κ3) is 1.84. The molecule has 0 unspecified atom stereocenters. The van der Waals surface area contributed by atoms with Crippen molar-refractivity contribution in [2.75, 3.05) is 5.73 Å². The molecule has 0 spiro atoms. The van der Waals surface area contributed by atoms with E-state index < -0.39 is 5.60 Å². The van der Waals surface area contributed by atoms with Gasteiger partial charge in [-0.25, -0.2) is 4.98 Å². The molecule has 1 heterocycles. The molecule has 0 aromatic carbocycles. The van der Waals surface area contributed by atoms with Gasteiger partial charge in [-0.3, -0.25) is 0 Å². The standard InChI is InChI=1S/C6H10N4O/c1-6(2,11)4-3-8-10-5(7)9-4/h3,11H,1-2H3,(H2,7,9,10). The van der Waals surface area contributed by atoms with Crippen molar-refractivity contribution in [1.29, 1.82) is 0 Å². The van der Waals surface area contributed by atoms with Gasteiger partial charge in [0, 0.05) is 0 Å². The summed E-state index contributed by atoms with van der Waals surface area (Å²) in [5.41, 5.74) is 4.67. The Morgan fingerprint density at radius 1 is 1.55 bits per heavy atom. The molecule has 0 aliphatic carbocycles. The Kier molecular flexibility index (Phi) is 1.74. The Balaban J connectivity index is 3.06. The highest BCUT2D eigenvalue weighted by Crippen LogP contribution is 2.15. The highest BCUT2D eigenvalue weighted by molar-refractivity contribution is 5.16. The maximum atomic E-state index is 9.43. The van der Waals surface area contributed by atoms with Gasteiger partial charge < -0.3 is 10.8 Å². The Labute approximate surface area is 64.3 Å². The van der Waals surface area contributed by atoms with E-state index in [2.05, 4.69) is 15.2 Å². The topological polar surface area (TPSA) is 84.9 Å². The van der Waals surface area contributed by atoms with Gasteiger partial charge in [0.15, 0.2) is 0 Å². The van der Waals surface area contributed by atoms with E-state index in [1.54, 1.807) is 13.8 Å². The van der Waals surface area contributed by atoms with E-state index in [0.717, 1.165) is 0 Å². The number of hydrogen-bond donors (Lipinski definition) is 2. The lowest BCUT2D eigenvalue weighted by molar-refractivity contribution is 0.0733. The van der Waals surface area contributed by atoms with Gasteiger partial charge in [-0.15, -0.1) is 5.10 Å². The largest absolute Gasteiger partial charge is 0.384 e. The monoisotopic (exact) mass is 154 g/mol. The predicted octanol–water partition coefficient (Wildman–Crippen LogP) is -0.319. The molecule has 0 bridgehead atoms. The summed E-state index contributed by atoms with van der Waals surface area (Å²) in [5.74, 6) is 0.0737. The van der Waals surface area contributed by atoms with E-state index in [1.807, 2.05) is 0 Å². The van der Waals surface area contributed by atoms with Crippen LogP contribution in [0.4, 0.5) is 5.95 Å². The van der Waals surface area contributed by atoms with Crippen LogP contribution < -0.4 is 5.73 Å². The molecule has 1 rings (SSSR count). The molecular formula is C6H10N4O. The molecule has 0 saturated heterocycles. The van der Waals surface area contributed by atoms with Crippen molar-refractivity contribution >= 4 is 5.95 Å². The SMILES string of the molecule is CC(C)(O)c1cnnc(N)n1. The molecule has 0 radical (unpaired) electrons. The second-order valence-electron chi connectivity index (χ2n) is 2.76. The summed E-state index contributed by atoms with van der Waals surface area (Å²) < 4.78 is 0. The molecule has 0 saturated carbocycles. The summed E-state index contributed by atoms with van der Waals surface area (Å²) in [5, 5.41) is 16.4. The van der Waals surface area contributed by atoms with Gasteiger partial charge in [-0.2, -0.15) is 5.10 Å². The minimum atomic E-state index is -1.01. The van der Waals surface area contributed by atoms with Crippen LogP contribution >= 0.6 is 0 Å². The second-order valence-corrected chi connectivity index (χ2v) is 2.76. The lowest BCUT2D eigenvalue weighted by Gasteiger charge is -2.14. The van der Waals surface area contributed by atoms with Crippen LogP contribution in [0.3, 0.4) is 0 Å². The van der Waals surface area contributed by atoms with Crippen molar-refractivity contribution in [2.45, 2.75) is 19.4 Å². The number of nitrogen functional groups attached to an aromatic ring is 1. The van der Waals surface area contributed by atoms with Crippen molar-refractivity contribution in [3.05, 3.63) is 11.9 Å². The Bertz CT molecular complexity index is 255. The van der Waals surface area contributed by atoms with Gasteiger partial charge in [-0.05, 0) is 13.8 Å².